The van der Waals surface area contributed by atoms with Gasteiger partial charge in [-0.2, -0.15) is 0 Å². The van der Waals surface area contributed by atoms with Crippen molar-refractivity contribution in [1.82, 2.24) is 9.88 Å². The Morgan fingerprint density at radius 3 is 2.45 bits per heavy atom. The van der Waals surface area contributed by atoms with E-state index in [-0.39, 0.29) is 30.8 Å². The lowest BCUT2D eigenvalue weighted by molar-refractivity contribution is -0.139. The molecule has 1 aromatic heterocycles. The Morgan fingerprint density at radius 1 is 1.18 bits per heavy atom. The molecule has 0 saturated carbocycles. The monoisotopic (exact) mass is 337 g/mol. The van der Waals surface area contributed by atoms with Gasteiger partial charge in [-0.1, -0.05) is 17.7 Å². The number of rotatable bonds is 4. The Morgan fingerprint density at radius 2 is 1.82 bits per heavy atom. The predicted octanol–water partition coefficient (Wildman–Crippen LogP) is 3.27. The first-order chi connectivity index (χ1) is 10.1. The van der Waals surface area contributed by atoms with Crippen LogP contribution in [0.2, 0.25) is 0 Å². The summed E-state index contributed by atoms with van der Waals surface area (Å²) in [6.45, 7) is 2.30. The smallest absolute Gasteiger partial charge is 0.230 e. The first-order valence-electron chi connectivity index (χ1n) is 6.73. The maximum atomic E-state index is 11.6. The minimum atomic E-state index is -0.110. The molecule has 0 spiro atoms. The van der Waals surface area contributed by atoms with Gasteiger partial charge in [0, 0.05) is 23.9 Å². The summed E-state index contributed by atoms with van der Waals surface area (Å²) in [6, 6.07) is 8.03. The van der Waals surface area contributed by atoms with Crippen molar-refractivity contribution in [2.24, 2.45) is 0 Å². The number of hydrogen-bond donors (Lipinski definition) is 1. The van der Waals surface area contributed by atoms with E-state index >= 15 is 0 Å². The minimum Gasteiger partial charge on any atom is -0.332 e. The number of nitrogens with one attached hydrogen (secondary N) is 1. The molecule has 116 valence electrons. The summed E-state index contributed by atoms with van der Waals surface area (Å²) < 4.78 is 0. The van der Waals surface area contributed by atoms with Crippen LogP contribution in [0.15, 0.2) is 29.6 Å². The van der Waals surface area contributed by atoms with Crippen LogP contribution in [0.25, 0.3) is 0 Å². The molecule has 1 saturated heterocycles. The Hall–Kier alpha value is -1.92. The molecule has 22 heavy (non-hydrogen) atoms. The molecule has 1 aliphatic heterocycles. The summed E-state index contributed by atoms with van der Waals surface area (Å²) in [7, 11) is 0. The lowest BCUT2D eigenvalue weighted by atomic mass is 10.2. The van der Waals surface area contributed by atoms with Crippen LogP contribution < -0.4 is 5.32 Å². The topological polar surface area (TPSA) is 62.3 Å². The number of nitrogens with zero attached hydrogens (tertiary/aromatic N) is 2. The molecule has 1 fully saturated rings. The van der Waals surface area contributed by atoms with Crippen LogP contribution in [0, 0.1) is 6.92 Å². The molecule has 0 atom stereocenters. The lowest BCUT2D eigenvalue weighted by Crippen LogP contribution is -2.28. The predicted molar refractivity (Wildman–Crippen MR) is 88.6 cm³/mol. The number of thiazole rings is 1. The van der Waals surface area contributed by atoms with E-state index in [4.69, 9.17) is 0 Å². The molecule has 1 aliphatic rings. The highest BCUT2D eigenvalue weighted by atomic mass is 35.5. The highest BCUT2D eigenvalue weighted by molar-refractivity contribution is 7.13. The van der Waals surface area contributed by atoms with E-state index in [2.05, 4.69) is 10.3 Å². The van der Waals surface area contributed by atoms with Gasteiger partial charge in [0.1, 0.15) is 0 Å². The number of likely N-dealkylation sites (tertiary alicyclic amines) is 1. The first-order valence-corrected chi connectivity index (χ1v) is 7.61. The highest BCUT2D eigenvalue weighted by Gasteiger charge is 2.29. The van der Waals surface area contributed by atoms with Crippen molar-refractivity contribution in [2.75, 3.05) is 5.32 Å². The van der Waals surface area contributed by atoms with E-state index < -0.39 is 0 Å². The summed E-state index contributed by atoms with van der Waals surface area (Å²) in [5.41, 5.74) is 2.90. The van der Waals surface area contributed by atoms with Crippen LogP contribution in [0.3, 0.4) is 0 Å². The number of carbonyl (C=O) groups excluding carboxylic acids is 2. The van der Waals surface area contributed by atoms with Crippen molar-refractivity contribution in [1.29, 1.82) is 0 Å². The van der Waals surface area contributed by atoms with Crippen molar-refractivity contribution < 1.29 is 9.59 Å². The van der Waals surface area contributed by atoms with E-state index in [0.29, 0.717) is 12.8 Å². The molecule has 0 bridgehead atoms. The third kappa shape index (κ3) is 3.64. The molecule has 2 heterocycles. The van der Waals surface area contributed by atoms with Crippen molar-refractivity contribution >= 4 is 46.4 Å². The second-order valence-corrected chi connectivity index (χ2v) is 5.87. The molecular weight excluding hydrogens is 322 g/mol. The second-order valence-electron chi connectivity index (χ2n) is 5.01. The lowest BCUT2D eigenvalue weighted by Gasteiger charge is -2.11. The zero-order valence-corrected chi connectivity index (χ0v) is 13.7. The van der Waals surface area contributed by atoms with Gasteiger partial charge < -0.3 is 5.32 Å². The number of carbonyl (C=O) groups is 2. The average molecular weight is 338 g/mol. The van der Waals surface area contributed by atoms with E-state index in [1.807, 2.05) is 36.6 Å². The number of hydrogen-bond acceptors (Lipinski definition) is 5. The number of benzene rings is 1. The molecule has 3 rings (SSSR count). The van der Waals surface area contributed by atoms with Crippen molar-refractivity contribution in [3.05, 3.63) is 40.9 Å². The van der Waals surface area contributed by atoms with Crippen LogP contribution in [-0.4, -0.2) is 21.7 Å². The Bertz CT molecular complexity index is 668. The van der Waals surface area contributed by atoms with Gasteiger partial charge in [-0.15, -0.1) is 23.7 Å². The fourth-order valence-corrected chi connectivity index (χ4v) is 2.88. The first kappa shape index (κ1) is 16.5. The van der Waals surface area contributed by atoms with Crippen molar-refractivity contribution in [3.63, 3.8) is 0 Å². The summed E-state index contributed by atoms with van der Waals surface area (Å²) in [4.78, 5) is 28.9. The van der Waals surface area contributed by atoms with Crippen LogP contribution in [0.1, 0.15) is 24.1 Å². The number of imide groups is 1. The third-order valence-electron chi connectivity index (χ3n) is 3.33. The number of amides is 2. The van der Waals surface area contributed by atoms with Gasteiger partial charge in [-0.3, -0.25) is 14.5 Å². The van der Waals surface area contributed by atoms with Gasteiger partial charge in [-0.05, 0) is 19.1 Å². The Kier molecular flexibility index (Phi) is 5.15. The molecule has 1 N–H and O–H groups in total. The summed E-state index contributed by atoms with van der Waals surface area (Å²) in [5, 5.41) is 5.85. The molecule has 5 nitrogen and oxygen atoms in total. The van der Waals surface area contributed by atoms with E-state index in [9.17, 15) is 9.59 Å². The van der Waals surface area contributed by atoms with Crippen molar-refractivity contribution in [3.8, 4) is 0 Å². The van der Waals surface area contributed by atoms with Crippen LogP contribution >= 0.6 is 23.7 Å². The summed E-state index contributed by atoms with van der Waals surface area (Å²) in [5.74, 6) is -0.220. The van der Waals surface area contributed by atoms with Gasteiger partial charge in [-0.25, -0.2) is 4.98 Å². The van der Waals surface area contributed by atoms with Gasteiger partial charge in [0.25, 0.3) is 0 Å². The van der Waals surface area contributed by atoms with Crippen molar-refractivity contribution in [2.45, 2.75) is 26.3 Å². The Labute approximate surface area is 138 Å². The maximum Gasteiger partial charge on any atom is 0.230 e. The maximum absolute atomic E-state index is 11.6. The normalized spacial score (nSPS) is 14.1. The zero-order chi connectivity index (χ0) is 14.8. The molecule has 2 amide bonds. The van der Waals surface area contributed by atoms with E-state index in [1.54, 1.807) is 0 Å². The molecule has 7 heteroatoms. The summed E-state index contributed by atoms with van der Waals surface area (Å²) in [6.07, 6.45) is 0.634. The van der Waals surface area contributed by atoms with Crippen LogP contribution in [0.5, 0.6) is 0 Å². The van der Waals surface area contributed by atoms with E-state index in [1.165, 1.54) is 21.8 Å². The van der Waals surface area contributed by atoms with Gasteiger partial charge in [0.05, 0.1) is 12.2 Å². The second kappa shape index (κ2) is 6.89. The Balaban J connectivity index is 0.00000176. The molecule has 0 unspecified atom stereocenters. The standard InChI is InChI=1S/C15H15N3O2S.ClH/c1-10-2-4-11(5-3-10)16-15-17-12(9-21-15)8-18-13(19)6-7-14(18)20;/h2-5,9H,6-8H2,1H3,(H,16,17);1H. The number of anilines is 2. The number of halogens is 1. The molecular formula is C15H16ClN3O2S. The highest BCUT2D eigenvalue weighted by Crippen LogP contribution is 2.23. The number of aryl methyl sites for hydroxylation is 1. The minimum absolute atomic E-state index is 0. The fourth-order valence-electron chi connectivity index (χ4n) is 2.16. The third-order valence-corrected chi connectivity index (χ3v) is 4.14. The largest absolute Gasteiger partial charge is 0.332 e. The van der Waals surface area contributed by atoms with Gasteiger partial charge >= 0.3 is 0 Å². The summed E-state index contributed by atoms with van der Waals surface area (Å²) >= 11 is 1.46. The molecule has 2 aromatic rings. The van der Waals surface area contributed by atoms with Gasteiger partial charge in [0.15, 0.2) is 5.13 Å². The van der Waals surface area contributed by atoms with Gasteiger partial charge in [0.2, 0.25) is 11.8 Å². The fraction of sp³-hybridized carbons (Fsp3) is 0.267. The van der Waals surface area contributed by atoms with Crippen LogP contribution in [-0.2, 0) is 16.1 Å². The quantitative estimate of drug-likeness (QED) is 0.870. The van der Waals surface area contributed by atoms with E-state index in [0.717, 1.165) is 16.5 Å². The molecule has 1 aromatic carbocycles. The zero-order valence-electron chi connectivity index (χ0n) is 12.0. The molecule has 0 aliphatic carbocycles. The number of aromatic nitrogens is 1. The average Bonchev–Trinajstić information content (AvgIpc) is 3.03. The van der Waals surface area contributed by atoms with Crippen LogP contribution in [0.4, 0.5) is 10.8 Å². The SMILES string of the molecule is Cc1ccc(Nc2nc(CN3C(=O)CCC3=O)cs2)cc1.Cl. The molecule has 0 radical (unpaired) electrons.